The summed E-state index contributed by atoms with van der Waals surface area (Å²) in [4.78, 5) is 0. The Balaban J connectivity index is 0.974. The van der Waals surface area contributed by atoms with Crippen molar-refractivity contribution in [3.63, 3.8) is 0 Å². The van der Waals surface area contributed by atoms with Crippen LogP contribution in [0.1, 0.15) is 0 Å². The molecule has 0 saturated carbocycles. The summed E-state index contributed by atoms with van der Waals surface area (Å²) < 4.78 is 31.8. The Morgan fingerprint density at radius 2 is 0.597 bits per heavy atom. The highest BCUT2D eigenvalue weighted by molar-refractivity contribution is 6.99. The van der Waals surface area contributed by atoms with Gasteiger partial charge < -0.3 is 28.1 Å². The first-order chi connectivity index (χ1) is 30.7. The Morgan fingerprint density at radius 1 is 0.290 bits per heavy atom. The SMILES string of the molecule is c1ccc2c(c1)Oc1cc(-n3c4ccccc4c4c5c6ccccc6n(-c6cc7c8c(c6)Oc6ccccc6B8c6ccccc6O7)c5ccc43)cc3c1B2c1ccccc1O3. The highest BCUT2D eigenvalue weighted by atomic mass is 16.5. The number of fused-ring (bicyclic) bond motifs is 15. The lowest BCUT2D eigenvalue weighted by atomic mass is 9.35. The van der Waals surface area contributed by atoms with Crippen molar-refractivity contribution < 1.29 is 18.9 Å². The maximum absolute atomic E-state index is 6.77. The van der Waals surface area contributed by atoms with Gasteiger partial charge in [-0.05, 0) is 70.4 Å². The zero-order valence-electron chi connectivity index (χ0n) is 33.0. The van der Waals surface area contributed by atoms with Gasteiger partial charge in [0.15, 0.2) is 0 Å². The van der Waals surface area contributed by atoms with Crippen molar-refractivity contribution in [1.82, 2.24) is 9.13 Å². The molecule has 15 rings (SSSR count). The molecule has 0 bridgehead atoms. The largest absolute Gasteiger partial charge is 0.458 e. The van der Waals surface area contributed by atoms with Crippen LogP contribution in [0.5, 0.6) is 46.0 Å². The first kappa shape index (κ1) is 32.7. The van der Waals surface area contributed by atoms with Gasteiger partial charge in [-0.25, -0.2) is 0 Å². The second-order valence-corrected chi connectivity index (χ2v) is 16.7. The summed E-state index contributed by atoms with van der Waals surface area (Å²) in [5.74, 6) is 6.74. The molecule has 0 N–H and O–H groups in total. The van der Waals surface area contributed by atoms with E-state index < -0.39 is 0 Å². The number of benzene rings is 9. The lowest BCUT2D eigenvalue weighted by Gasteiger charge is -2.33. The third kappa shape index (κ3) is 4.20. The Hall–Kier alpha value is -8.09. The smallest absolute Gasteiger partial charge is 0.260 e. The molecule has 0 amide bonds. The van der Waals surface area contributed by atoms with Crippen LogP contribution in [-0.2, 0) is 0 Å². The van der Waals surface area contributed by atoms with Crippen LogP contribution in [-0.4, -0.2) is 22.6 Å². The second-order valence-electron chi connectivity index (χ2n) is 16.7. The number of hydrogen-bond donors (Lipinski definition) is 0. The van der Waals surface area contributed by atoms with Gasteiger partial charge in [0, 0.05) is 56.7 Å². The van der Waals surface area contributed by atoms with Crippen molar-refractivity contribution in [2.24, 2.45) is 0 Å². The third-order valence-electron chi connectivity index (χ3n) is 13.5. The fourth-order valence-electron chi connectivity index (χ4n) is 11.1. The number of nitrogens with zero attached hydrogens (tertiary/aromatic N) is 2. The molecule has 0 aliphatic carbocycles. The van der Waals surface area contributed by atoms with E-state index in [1.54, 1.807) is 0 Å². The van der Waals surface area contributed by atoms with Gasteiger partial charge in [0.2, 0.25) is 0 Å². The van der Waals surface area contributed by atoms with E-state index in [4.69, 9.17) is 18.9 Å². The van der Waals surface area contributed by atoms with Crippen LogP contribution >= 0.6 is 0 Å². The molecular weight excluding hydrogens is 762 g/mol. The van der Waals surface area contributed by atoms with Gasteiger partial charge in [-0.1, -0.05) is 109 Å². The van der Waals surface area contributed by atoms with E-state index in [2.05, 4.69) is 167 Å². The van der Waals surface area contributed by atoms with Gasteiger partial charge in [0.1, 0.15) is 46.0 Å². The Bertz CT molecular complexity index is 3420. The molecule has 8 heteroatoms. The third-order valence-corrected chi connectivity index (χ3v) is 13.5. The molecule has 2 aromatic heterocycles. The van der Waals surface area contributed by atoms with E-state index in [1.807, 2.05) is 24.3 Å². The van der Waals surface area contributed by atoms with E-state index in [1.165, 1.54) is 21.5 Å². The highest BCUT2D eigenvalue weighted by Gasteiger charge is 2.42. The minimum absolute atomic E-state index is 0.0113. The van der Waals surface area contributed by atoms with Crippen LogP contribution in [0.4, 0.5) is 0 Å². The zero-order chi connectivity index (χ0) is 40.2. The zero-order valence-corrected chi connectivity index (χ0v) is 33.0. The molecule has 0 atom stereocenters. The van der Waals surface area contributed by atoms with E-state index in [0.29, 0.717) is 0 Å². The summed E-state index contributed by atoms with van der Waals surface area (Å²) in [7, 11) is 0. The van der Waals surface area contributed by atoms with E-state index >= 15 is 0 Å². The fourth-order valence-corrected chi connectivity index (χ4v) is 11.1. The minimum Gasteiger partial charge on any atom is -0.458 e. The topological polar surface area (TPSA) is 46.8 Å². The first-order valence-corrected chi connectivity index (χ1v) is 21.1. The van der Waals surface area contributed by atoms with Gasteiger partial charge in [-0.15, -0.1) is 0 Å². The molecule has 0 saturated heterocycles. The molecule has 0 radical (unpaired) electrons. The Kier molecular flexibility index (Phi) is 6.23. The number of aromatic nitrogens is 2. The molecule has 4 aliphatic rings. The molecule has 4 aliphatic heterocycles. The van der Waals surface area contributed by atoms with Gasteiger partial charge in [0.25, 0.3) is 13.4 Å². The van der Waals surface area contributed by atoms with Gasteiger partial charge in [-0.3, -0.25) is 0 Å². The van der Waals surface area contributed by atoms with Crippen molar-refractivity contribution in [2.75, 3.05) is 0 Å². The van der Waals surface area contributed by atoms with Crippen molar-refractivity contribution >= 4 is 89.8 Å². The van der Waals surface area contributed by atoms with E-state index in [0.717, 1.165) is 112 Å². The van der Waals surface area contributed by atoms with Crippen molar-refractivity contribution in [3.05, 3.63) is 182 Å². The van der Waals surface area contributed by atoms with Gasteiger partial charge in [0.05, 0.1) is 33.4 Å². The average molecular weight is 792 g/mol. The van der Waals surface area contributed by atoms with Crippen LogP contribution < -0.4 is 51.7 Å². The van der Waals surface area contributed by atoms with Gasteiger partial charge in [-0.2, -0.15) is 0 Å². The van der Waals surface area contributed by atoms with Crippen LogP contribution in [0.2, 0.25) is 0 Å². The molecule has 0 spiro atoms. The monoisotopic (exact) mass is 792 g/mol. The number of ether oxygens (including phenoxy) is 4. The highest BCUT2D eigenvalue weighted by Crippen LogP contribution is 2.45. The summed E-state index contributed by atoms with van der Waals surface area (Å²) in [5, 5.41) is 4.70. The quantitative estimate of drug-likeness (QED) is 0.164. The summed E-state index contributed by atoms with van der Waals surface area (Å²) >= 11 is 0. The lowest BCUT2D eigenvalue weighted by Crippen LogP contribution is -2.57. The number of rotatable bonds is 2. The average Bonchev–Trinajstić information content (AvgIpc) is 3.84. The molecular formula is C54H30B2N2O4. The first-order valence-electron chi connectivity index (χ1n) is 21.1. The van der Waals surface area contributed by atoms with Crippen LogP contribution in [0.25, 0.3) is 55.0 Å². The summed E-state index contributed by atoms with van der Waals surface area (Å²) in [6.45, 7) is 0.0225. The standard InChI is InChI=1S/C54H30B2N2O4/c1-7-19-39-33(13-1)51-41(57(39)31-27-47-53-48(28-31)60-44-22-10-4-16-36(44)55(53)35-15-3-9-21-43(35)59-47)25-26-42-52(51)34-14-2-8-20-40(34)58(42)32-29-49-54-50(30-32)62-46-24-12-6-18-38(46)56(54)37-17-5-11-23-45(37)61-49/h1-30H. The van der Waals surface area contributed by atoms with Crippen LogP contribution in [0, 0.1) is 0 Å². The van der Waals surface area contributed by atoms with Crippen molar-refractivity contribution in [3.8, 4) is 57.4 Å². The predicted octanol–water partition coefficient (Wildman–Crippen LogP) is 9.34. The maximum Gasteiger partial charge on any atom is 0.260 e. The Labute approximate surface area is 355 Å². The normalized spacial score (nSPS) is 13.6. The van der Waals surface area contributed by atoms with Crippen LogP contribution in [0.3, 0.4) is 0 Å². The van der Waals surface area contributed by atoms with E-state index in [-0.39, 0.29) is 13.4 Å². The maximum atomic E-state index is 6.77. The van der Waals surface area contributed by atoms with E-state index in [9.17, 15) is 0 Å². The van der Waals surface area contributed by atoms with Crippen molar-refractivity contribution in [1.29, 1.82) is 0 Å². The Morgan fingerprint density at radius 3 is 0.952 bits per heavy atom. The molecule has 286 valence electrons. The predicted molar refractivity (Wildman–Crippen MR) is 250 cm³/mol. The lowest BCUT2D eigenvalue weighted by molar-refractivity contribution is 0.463. The summed E-state index contributed by atoms with van der Waals surface area (Å²) in [6, 6.07) is 64.3. The molecule has 0 fully saturated rings. The number of hydrogen-bond acceptors (Lipinski definition) is 4. The minimum atomic E-state index is 0.0113. The molecule has 9 aromatic carbocycles. The molecule has 6 heterocycles. The van der Waals surface area contributed by atoms with Gasteiger partial charge >= 0.3 is 0 Å². The molecule has 62 heavy (non-hydrogen) atoms. The van der Waals surface area contributed by atoms with Crippen LogP contribution in [0.15, 0.2) is 182 Å². The number of para-hydroxylation sites is 6. The summed E-state index contributed by atoms with van der Waals surface area (Å²) in [6.07, 6.45) is 0. The molecule has 6 nitrogen and oxygen atoms in total. The molecule has 11 aromatic rings. The van der Waals surface area contributed by atoms with Crippen molar-refractivity contribution in [2.45, 2.75) is 0 Å². The second kappa shape index (κ2) is 11.8. The summed E-state index contributed by atoms with van der Waals surface area (Å²) in [5.41, 5.74) is 13.1. The molecule has 0 unspecified atom stereocenters. The fraction of sp³-hybridized carbons (Fsp3) is 0.